The van der Waals surface area contributed by atoms with E-state index in [-0.39, 0.29) is 24.3 Å². The largest absolute Gasteiger partial charge is 0.393 e. The van der Waals surface area contributed by atoms with Gasteiger partial charge in [0.25, 0.3) is 0 Å². The number of carbonyl (C=O) groups is 1. The van der Waals surface area contributed by atoms with Crippen LogP contribution in [-0.2, 0) is 4.79 Å². The smallest absolute Gasteiger partial charge is 0.233 e. The Morgan fingerprint density at radius 1 is 1.60 bits per heavy atom. The molecule has 1 fully saturated rings. The van der Waals surface area contributed by atoms with Gasteiger partial charge in [-0.15, -0.1) is 11.8 Å². The quantitative estimate of drug-likeness (QED) is 0.645. The van der Waals surface area contributed by atoms with Crippen LogP contribution < -0.4 is 5.32 Å². The molecule has 1 aliphatic rings. The van der Waals surface area contributed by atoms with E-state index in [4.69, 9.17) is 5.11 Å². The average Bonchev–Trinajstić information content (AvgIpc) is 2.27. The molecule has 3 N–H and O–H groups in total. The van der Waals surface area contributed by atoms with E-state index in [1.165, 1.54) is 13.3 Å². The predicted octanol–water partition coefficient (Wildman–Crippen LogP) is 0.132. The van der Waals surface area contributed by atoms with Gasteiger partial charge in [-0.1, -0.05) is 6.42 Å². The van der Waals surface area contributed by atoms with Gasteiger partial charge in [-0.25, -0.2) is 0 Å². The van der Waals surface area contributed by atoms with Crippen molar-refractivity contribution in [2.75, 3.05) is 18.9 Å². The van der Waals surface area contributed by atoms with E-state index in [2.05, 4.69) is 5.32 Å². The Hall–Kier alpha value is -0.260. The molecule has 0 aliphatic carbocycles. The lowest BCUT2D eigenvalue weighted by atomic mass is 10.1. The lowest BCUT2D eigenvalue weighted by Gasteiger charge is -2.24. The van der Waals surface area contributed by atoms with Crippen LogP contribution in [0.2, 0.25) is 0 Å². The summed E-state index contributed by atoms with van der Waals surface area (Å²) in [5.74, 6) is 1.02. The molecule has 0 bridgehead atoms. The predicted molar refractivity (Wildman–Crippen MR) is 60.8 cm³/mol. The van der Waals surface area contributed by atoms with Gasteiger partial charge in [0.15, 0.2) is 0 Å². The van der Waals surface area contributed by atoms with Crippen molar-refractivity contribution in [1.82, 2.24) is 5.32 Å². The first-order valence-electron chi connectivity index (χ1n) is 5.28. The van der Waals surface area contributed by atoms with Gasteiger partial charge in [0, 0.05) is 6.54 Å². The number of rotatable bonds is 4. The number of thioether (sulfide) groups is 1. The molecule has 1 aliphatic heterocycles. The first-order chi connectivity index (χ1) is 7.05. The number of amides is 1. The maximum absolute atomic E-state index is 11.6. The first kappa shape index (κ1) is 12.8. The van der Waals surface area contributed by atoms with Gasteiger partial charge in [-0.05, 0) is 25.5 Å². The van der Waals surface area contributed by atoms with Crippen LogP contribution in [0.5, 0.6) is 0 Å². The summed E-state index contributed by atoms with van der Waals surface area (Å²) >= 11 is 1.67. The molecule has 1 rings (SSSR count). The fraction of sp³-hybridized carbons (Fsp3) is 0.900. The van der Waals surface area contributed by atoms with E-state index in [9.17, 15) is 9.90 Å². The van der Waals surface area contributed by atoms with Crippen LogP contribution in [0.25, 0.3) is 0 Å². The van der Waals surface area contributed by atoms with E-state index < -0.39 is 5.60 Å². The normalized spacial score (nSPS) is 25.7. The van der Waals surface area contributed by atoms with Crippen LogP contribution in [0.15, 0.2) is 0 Å². The van der Waals surface area contributed by atoms with Gasteiger partial charge in [0.05, 0.1) is 11.9 Å². The second-order valence-electron chi connectivity index (χ2n) is 4.23. The number of nitrogens with one attached hydrogen (secondary N) is 1. The van der Waals surface area contributed by atoms with Crippen molar-refractivity contribution >= 4 is 17.7 Å². The van der Waals surface area contributed by atoms with Crippen LogP contribution in [0.4, 0.5) is 0 Å². The monoisotopic (exact) mass is 233 g/mol. The highest BCUT2D eigenvalue weighted by atomic mass is 32.2. The third kappa shape index (κ3) is 4.40. The first-order valence-corrected chi connectivity index (χ1v) is 6.32. The van der Waals surface area contributed by atoms with Crippen molar-refractivity contribution in [2.24, 2.45) is 0 Å². The Morgan fingerprint density at radius 2 is 2.33 bits per heavy atom. The molecular formula is C10H19NO3S. The second-order valence-corrected chi connectivity index (χ2v) is 5.54. The summed E-state index contributed by atoms with van der Waals surface area (Å²) in [6.07, 6.45) is 3.20. The van der Waals surface area contributed by atoms with Crippen molar-refractivity contribution in [3.63, 3.8) is 0 Å². The van der Waals surface area contributed by atoms with E-state index in [1.54, 1.807) is 11.8 Å². The van der Waals surface area contributed by atoms with Gasteiger partial charge >= 0.3 is 0 Å². The van der Waals surface area contributed by atoms with Gasteiger partial charge in [0.1, 0.15) is 5.60 Å². The van der Waals surface area contributed by atoms with Crippen molar-refractivity contribution in [3.8, 4) is 0 Å². The number of aliphatic hydroxyl groups is 2. The standard InChI is InChI=1S/C10H19NO3S/c1-10(14,7-12)6-11-9(13)8-4-2-3-5-15-8/h8,12,14H,2-7H2,1H3,(H,11,13). The Labute approximate surface area is 94.4 Å². The molecule has 0 aromatic carbocycles. The van der Waals surface area contributed by atoms with E-state index in [1.807, 2.05) is 0 Å². The molecule has 5 heteroatoms. The summed E-state index contributed by atoms with van der Waals surface area (Å²) in [5.41, 5.74) is -1.21. The van der Waals surface area contributed by atoms with Crippen LogP contribution in [0.1, 0.15) is 26.2 Å². The third-order valence-corrected chi connectivity index (χ3v) is 3.83. The van der Waals surface area contributed by atoms with Crippen LogP contribution >= 0.6 is 11.8 Å². The zero-order valence-electron chi connectivity index (χ0n) is 9.03. The molecule has 4 nitrogen and oxygen atoms in total. The Balaban J connectivity index is 2.28. The summed E-state index contributed by atoms with van der Waals surface area (Å²) < 4.78 is 0. The molecule has 1 heterocycles. The van der Waals surface area contributed by atoms with Gasteiger partial charge in [-0.2, -0.15) is 0 Å². The molecular weight excluding hydrogens is 214 g/mol. The summed E-state index contributed by atoms with van der Waals surface area (Å²) in [7, 11) is 0. The molecule has 2 atom stereocenters. The molecule has 1 amide bonds. The average molecular weight is 233 g/mol. The Kier molecular flexibility index (Phi) is 4.89. The summed E-state index contributed by atoms with van der Waals surface area (Å²) in [4.78, 5) is 11.6. The van der Waals surface area contributed by atoms with Crippen molar-refractivity contribution in [2.45, 2.75) is 37.0 Å². The van der Waals surface area contributed by atoms with Gasteiger partial charge in [0.2, 0.25) is 5.91 Å². The molecule has 1 saturated heterocycles. The highest BCUT2D eigenvalue weighted by Gasteiger charge is 2.25. The topological polar surface area (TPSA) is 69.6 Å². The van der Waals surface area contributed by atoms with Crippen LogP contribution in [0.3, 0.4) is 0 Å². The zero-order chi connectivity index (χ0) is 11.3. The summed E-state index contributed by atoms with van der Waals surface area (Å²) in [6.45, 7) is 1.27. The molecule has 0 saturated carbocycles. The second kappa shape index (κ2) is 5.72. The SMILES string of the molecule is CC(O)(CO)CNC(=O)C1CCCCS1. The minimum absolute atomic E-state index is 0.0200. The molecule has 0 aromatic rings. The van der Waals surface area contributed by atoms with Crippen molar-refractivity contribution in [1.29, 1.82) is 0 Å². The maximum Gasteiger partial charge on any atom is 0.233 e. The van der Waals surface area contributed by atoms with E-state index in [0.717, 1.165) is 18.6 Å². The molecule has 2 unspecified atom stereocenters. The number of carbonyl (C=O) groups excluding carboxylic acids is 1. The zero-order valence-corrected chi connectivity index (χ0v) is 9.85. The van der Waals surface area contributed by atoms with E-state index >= 15 is 0 Å². The fourth-order valence-electron chi connectivity index (χ4n) is 1.39. The number of aliphatic hydroxyl groups excluding tert-OH is 1. The Morgan fingerprint density at radius 3 is 2.87 bits per heavy atom. The maximum atomic E-state index is 11.6. The molecule has 0 radical (unpaired) electrons. The van der Waals surface area contributed by atoms with Gasteiger partial charge in [-0.3, -0.25) is 4.79 Å². The van der Waals surface area contributed by atoms with Gasteiger partial charge < -0.3 is 15.5 Å². The lowest BCUT2D eigenvalue weighted by molar-refractivity contribution is -0.122. The van der Waals surface area contributed by atoms with Crippen LogP contribution in [0, 0.1) is 0 Å². The highest BCUT2D eigenvalue weighted by Crippen LogP contribution is 2.24. The number of hydrogen-bond acceptors (Lipinski definition) is 4. The molecule has 0 aromatic heterocycles. The molecule has 0 spiro atoms. The highest BCUT2D eigenvalue weighted by molar-refractivity contribution is 8.00. The minimum Gasteiger partial charge on any atom is -0.393 e. The summed E-state index contributed by atoms with van der Waals surface area (Å²) in [6, 6.07) is 0. The third-order valence-electron chi connectivity index (χ3n) is 2.46. The molecule has 15 heavy (non-hydrogen) atoms. The van der Waals surface area contributed by atoms with Crippen molar-refractivity contribution in [3.05, 3.63) is 0 Å². The molecule has 88 valence electrons. The number of hydrogen-bond donors (Lipinski definition) is 3. The summed E-state index contributed by atoms with van der Waals surface area (Å²) in [5, 5.41) is 21.0. The fourth-order valence-corrected chi connectivity index (χ4v) is 2.62. The minimum atomic E-state index is -1.21. The lowest BCUT2D eigenvalue weighted by Crippen LogP contribution is -2.46. The van der Waals surface area contributed by atoms with Crippen LogP contribution in [-0.4, -0.2) is 45.9 Å². The van der Waals surface area contributed by atoms with E-state index in [0.29, 0.717) is 0 Å². The van der Waals surface area contributed by atoms with Crippen molar-refractivity contribution < 1.29 is 15.0 Å². The Bertz CT molecular complexity index is 215.